The Kier molecular flexibility index (Phi) is 4.55. The van der Waals surface area contributed by atoms with Crippen LogP contribution in [-0.4, -0.2) is 19.9 Å². The number of sulfonamides is 1. The van der Waals surface area contributed by atoms with E-state index in [1.807, 2.05) is 0 Å². The largest absolute Gasteiger partial charge is 0.394 e. The van der Waals surface area contributed by atoms with Crippen molar-refractivity contribution in [3.05, 3.63) is 40.4 Å². The first-order chi connectivity index (χ1) is 9.83. The third-order valence-corrected chi connectivity index (χ3v) is 5.28. The first-order valence-corrected chi connectivity index (χ1v) is 8.31. The Hall–Kier alpha value is -1.58. The molecule has 5 nitrogen and oxygen atoms in total. The Morgan fingerprint density at radius 3 is 2.76 bits per heavy atom. The molecule has 0 fully saturated rings. The Bertz CT molecular complexity index is 733. The fraction of sp³-hybridized carbons (Fsp3) is 0.250. The molecule has 1 aromatic heterocycles. The molecule has 1 unspecified atom stereocenters. The van der Waals surface area contributed by atoms with E-state index in [9.17, 15) is 17.2 Å². The molecule has 2 rings (SSSR count). The van der Waals surface area contributed by atoms with Gasteiger partial charge < -0.3 is 5.73 Å². The molecule has 0 aliphatic heterocycles. The van der Waals surface area contributed by atoms with E-state index < -0.39 is 32.2 Å². The summed E-state index contributed by atoms with van der Waals surface area (Å²) >= 11 is 1.40. The maximum Gasteiger partial charge on any atom is 0.243 e. The first kappa shape index (κ1) is 15.8. The lowest BCUT2D eigenvalue weighted by Gasteiger charge is -2.12. The van der Waals surface area contributed by atoms with E-state index in [2.05, 4.69) is 9.71 Å². The van der Waals surface area contributed by atoms with Crippen LogP contribution in [0.3, 0.4) is 0 Å². The molecule has 0 saturated carbocycles. The molecule has 0 saturated heterocycles. The molecule has 0 spiro atoms. The number of nitrogen functional groups attached to an aromatic ring is 1. The fourth-order valence-electron chi connectivity index (χ4n) is 1.63. The van der Waals surface area contributed by atoms with Gasteiger partial charge in [0.1, 0.15) is 16.4 Å². The van der Waals surface area contributed by atoms with Crippen molar-refractivity contribution in [2.75, 3.05) is 12.3 Å². The predicted molar refractivity (Wildman–Crippen MR) is 76.5 cm³/mol. The van der Waals surface area contributed by atoms with E-state index in [1.165, 1.54) is 11.3 Å². The van der Waals surface area contributed by atoms with E-state index in [0.717, 1.165) is 17.1 Å². The number of benzene rings is 1. The van der Waals surface area contributed by atoms with Crippen molar-refractivity contribution in [1.82, 2.24) is 9.71 Å². The molecule has 3 N–H and O–H groups in total. The van der Waals surface area contributed by atoms with Gasteiger partial charge in [-0.2, -0.15) is 0 Å². The van der Waals surface area contributed by atoms with E-state index in [-0.39, 0.29) is 12.5 Å². The molecule has 0 amide bonds. The van der Waals surface area contributed by atoms with Crippen molar-refractivity contribution in [2.45, 2.75) is 17.7 Å². The number of aromatic nitrogens is 1. The summed E-state index contributed by atoms with van der Waals surface area (Å²) in [7, 11) is -4.11. The summed E-state index contributed by atoms with van der Waals surface area (Å²) in [5.74, 6) is -2.45. The topological polar surface area (TPSA) is 85.1 Å². The Balaban J connectivity index is 2.18. The average Bonchev–Trinajstić information content (AvgIpc) is 2.96. The molecule has 2 aromatic rings. The van der Waals surface area contributed by atoms with Gasteiger partial charge in [-0.1, -0.05) is 6.92 Å². The van der Waals surface area contributed by atoms with Crippen LogP contribution in [0, 0.1) is 11.6 Å². The molecule has 0 aliphatic rings. The molecular formula is C12H13F2N3O2S2. The van der Waals surface area contributed by atoms with Gasteiger partial charge in [0.25, 0.3) is 0 Å². The van der Waals surface area contributed by atoms with Crippen LogP contribution in [0.1, 0.15) is 17.8 Å². The van der Waals surface area contributed by atoms with Crippen LogP contribution in [0.15, 0.2) is 28.6 Å². The number of rotatable bonds is 5. The number of thiazole rings is 1. The monoisotopic (exact) mass is 333 g/mol. The van der Waals surface area contributed by atoms with Gasteiger partial charge in [-0.15, -0.1) is 11.3 Å². The molecule has 1 aromatic carbocycles. The summed E-state index contributed by atoms with van der Waals surface area (Å²) in [5.41, 5.74) is 4.35. The highest BCUT2D eigenvalue weighted by Crippen LogP contribution is 2.23. The van der Waals surface area contributed by atoms with Gasteiger partial charge in [-0.3, -0.25) is 0 Å². The van der Waals surface area contributed by atoms with Crippen LogP contribution >= 0.6 is 11.3 Å². The number of nitrogens with zero attached hydrogens (tertiary/aromatic N) is 1. The molecule has 0 bridgehead atoms. The van der Waals surface area contributed by atoms with E-state index in [1.54, 1.807) is 18.5 Å². The van der Waals surface area contributed by atoms with Gasteiger partial charge in [0.2, 0.25) is 10.0 Å². The molecule has 0 radical (unpaired) electrons. The quantitative estimate of drug-likeness (QED) is 0.821. The van der Waals surface area contributed by atoms with Crippen LogP contribution < -0.4 is 10.5 Å². The lowest BCUT2D eigenvalue weighted by Crippen LogP contribution is -2.28. The highest BCUT2D eigenvalue weighted by atomic mass is 32.2. The van der Waals surface area contributed by atoms with E-state index in [0.29, 0.717) is 0 Å². The van der Waals surface area contributed by atoms with Crippen LogP contribution in [0.4, 0.5) is 14.5 Å². The average molecular weight is 333 g/mol. The van der Waals surface area contributed by atoms with Crippen LogP contribution in [0.25, 0.3) is 0 Å². The summed E-state index contributed by atoms with van der Waals surface area (Å²) in [6, 6.07) is 1.66. The second-order valence-electron chi connectivity index (χ2n) is 4.40. The number of hydrogen-bond acceptors (Lipinski definition) is 5. The number of anilines is 1. The van der Waals surface area contributed by atoms with E-state index >= 15 is 0 Å². The zero-order chi connectivity index (χ0) is 15.6. The summed E-state index contributed by atoms with van der Waals surface area (Å²) in [4.78, 5) is 3.40. The minimum absolute atomic E-state index is 0.0482. The maximum absolute atomic E-state index is 13.8. The number of halogens is 2. The zero-order valence-electron chi connectivity index (χ0n) is 11.0. The number of hydrogen-bond donors (Lipinski definition) is 2. The molecular weight excluding hydrogens is 320 g/mol. The van der Waals surface area contributed by atoms with Crippen molar-refractivity contribution in [3.63, 3.8) is 0 Å². The van der Waals surface area contributed by atoms with Gasteiger partial charge in [0.15, 0.2) is 5.82 Å². The molecule has 9 heteroatoms. The second-order valence-corrected chi connectivity index (χ2v) is 7.06. The second kappa shape index (κ2) is 6.04. The van der Waals surface area contributed by atoms with Crippen LogP contribution in [-0.2, 0) is 10.0 Å². The summed E-state index contributed by atoms with van der Waals surface area (Å²) in [5, 5.41) is 2.54. The smallest absolute Gasteiger partial charge is 0.243 e. The zero-order valence-corrected chi connectivity index (χ0v) is 12.6. The third kappa shape index (κ3) is 3.36. The van der Waals surface area contributed by atoms with Crippen molar-refractivity contribution in [2.24, 2.45) is 0 Å². The summed E-state index contributed by atoms with van der Waals surface area (Å²) in [6.45, 7) is 1.84. The predicted octanol–water partition coefficient (Wildman–Crippen LogP) is 2.09. The van der Waals surface area contributed by atoms with Gasteiger partial charge in [0, 0.05) is 24.0 Å². The molecule has 21 heavy (non-hydrogen) atoms. The Morgan fingerprint density at radius 1 is 1.43 bits per heavy atom. The lowest BCUT2D eigenvalue weighted by molar-refractivity contribution is 0.545. The Labute approximate surface area is 124 Å². The van der Waals surface area contributed by atoms with E-state index in [4.69, 9.17) is 5.73 Å². The van der Waals surface area contributed by atoms with Gasteiger partial charge in [-0.25, -0.2) is 26.9 Å². The summed E-state index contributed by atoms with van der Waals surface area (Å²) < 4.78 is 53.2. The SMILES string of the molecule is CC(CNS(=O)(=O)c1ccc(F)c(N)c1F)c1nccs1. The Morgan fingerprint density at radius 2 is 2.14 bits per heavy atom. The maximum atomic E-state index is 13.8. The minimum Gasteiger partial charge on any atom is -0.394 e. The van der Waals surface area contributed by atoms with Crippen LogP contribution in [0.5, 0.6) is 0 Å². The molecule has 1 heterocycles. The third-order valence-electron chi connectivity index (χ3n) is 2.83. The lowest BCUT2D eigenvalue weighted by atomic mass is 10.2. The normalized spacial score (nSPS) is 13.3. The highest BCUT2D eigenvalue weighted by molar-refractivity contribution is 7.89. The molecule has 1 atom stereocenters. The molecule has 114 valence electrons. The van der Waals surface area contributed by atoms with Gasteiger partial charge in [0.05, 0.1) is 5.01 Å². The fourth-order valence-corrected chi connectivity index (χ4v) is 3.55. The number of nitrogens with one attached hydrogen (secondary N) is 1. The van der Waals surface area contributed by atoms with Gasteiger partial charge >= 0.3 is 0 Å². The minimum atomic E-state index is -4.11. The van der Waals surface area contributed by atoms with Crippen molar-refractivity contribution < 1.29 is 17.2 Å². The first-order valence-electron chi connectivity index (χ1n) is 5.95. The number of nitrogens with two attached hydrogens (primary N) is 1. The van der Waals surface area contributed by atoms with Gasteiger partial charge in [-0.05, 0) is 12.1 Å². The summed E-state index contributed by atoms with van der Waals surface area (Å²) in [6.07, 6.45) is 1.62. The highest BCUT2D eigenvalue weighted by Gasteiger charge is 2.23. The van der Waals surface area contributed by atoms with Crippen LogP contribution in [0.2, 0.25) is 0 Å². The van der Waals surface area contributed by atoms with Crippen molar-refractivity contribution in [1.29, 1.82) is 0 Å². The van der Waals surface area contributed by atoms with Crippen molar-refractivity contribution in [3.8, 4) is 0 Å². The van der Waals surface area contributed by atoms with Crippen molar-refractivity contribution >= 4 is 27.0 Å². The molecule has 0 aliphatic carbocycles. The standard InChI is InChI=1S/C12H13F2N3O2S2/c1-7(12-16-4-5-20-12)6-17-21(18,19)9-3-2-8(13)11(15)10(9)14/h2-5,7,17H,6,15H2,1H3.